The van der Waals surface area contributed by atoms with Gasteiger partial charge in [0, 0.05) is 18.5 Å². The quantitative estimate of drug-likeness (QED) is 0.450. The Balaban J connectivity index is 1.12. The largest absolute Gasteiger partial charge is 0.460 e. The number of benzene rings is 3. The molecule has 36 heavy (non-hydrogen) atoms. The number of hydrogen-bond acceptors (Lipinski definition) is 5. The summed E-state index contributed by atoms with van der Waals surface area (Å²) in [6.07, 6.45) is 1.26. The monoisotopic (exact) mass is 484 g/mol. The molecular weight excluding hydrogens is 452 g/mol. The first-order valence-corrected chi connectivity index (χ1v) is 12.7. The second-order valence-electron chi connectivity index (χ2n) is 9.62. The number of ether oxygens (including phenoxy) is 2. The Bertz CT molecular complexity index is 1170. The third kappa shape index (κ3) is 5.29. The van der Waals surface area contributed by atoms with E-state index < -0.39 is 6.09 Å². The lowest BCUT2D eigenvalue weighted by Gasteiger charge is -2.26. The van der Waals surface area contributed by atoms with E-state index in [1.54, 1.807) is 0 Å². The van der Waals surface area contributed by atoms with Crippen LogP contribution >= 0.6 is 0 Å². The Hall–Kier alpha value is -3.64. The van der Waals surface area contributed by atoms with Crippen LogP contribution in [0.4, 0.5) is 4.79 Å². The summed E-state index contributed by atoms with van der Waals surface area (Å²) in [6, 6.07) is 25.8. The minimum Gasteiger partial charge on any atom is -0.460 e. The van der Waals surface area contributed by atoms with Crippen LogP contribution in [0.15, 0.2) is 78.9 Å². The molecule has 6 heteroatoms. The average Bonchev–Trinajstić information content (AvgIpc) is 3.49. The molecule has 1 heterocycles. The van der Waals surface area contributed by atoms with Crippen molar-refractivity contribution in [1.82, 2.24) is 10.2 Å². The van der Waals surface area contributed by atoms with Gasteiger partial charge in [0.15, 0.2) is 0 Å². The summed E-state index contributed by atoms with van der Waals surface area (Å²) in [5, 5.41) is 2.94. The molecule has 1 N–H and O–H groups in total. The van der Waals surface area contributed by atoms with Crippen molar-refractivity contribution in [3.05, 3.63) is 95.6 Å². The van der Waals surface area contributed by atoms with E-state index in [1.165, 1.54) is 22.3 Å². The Morgan fingerprint density at radius 2 is 1.56 bits per heavy atom. The first-order chi connectivity index (χ1) is 17.6. The van der Waals surface area contributed by atoms with E-state index in [4.69, 9.17) is 9.47 Å². The fourth-order valence-corrected chi connectivity index (χ4v) is 5.38. The summed E-state index contributed by atoms with van der Waals surface area (Å²) < 4.78 is 11.2. The van der Waals surface area contributed by atoms with Crippen LogP contribution in [0, 0.1) is 0 Å². The molecule has 0 spiro atoms. The number of carbonyl (C=O) groups excluding carboxylic acids is 2. The first kappa shape index (κ1) is 24.1. The van der Waals surface area contributed by atoms with Gasteiger partial charge in [-0.15, -0.1) is 0 Å². The molecule has 2 atom stereocenters. The number of alkyl carbamates (subject to hydrolysis) is 1. The molecule has 0 unspecified atom stereocenters. The number of carbonyl (C=O) groups is 2. The summed E-state index contributed by atoms with van der Waals surface area (Å²) in [5.41, 5.74) is 5.76. The number of fused-ring (bicyclic) bond motifs is 3. The lowest BCUT2D eigenvalue weighted by molar-refractivity contribution is -0.150. The zero-order chi connectivity index (χ0) is 24.9. The lowest BCUT2D eigenvalue weighted by Crippen LogP contribution is -2.46. The van der Waals surface area contributed by atoms with Crippen LogP contribution in [0.25, 0.3) is 11.1 Å². The Morgan fingerprint density at radius 1 is 0.917 bits per heavy atom. The van der Waals surface area contributed by atoms with Gasteiger partial charge in [-0.05, 0) is 54.1 Å². The van der Waals surface area contributed by atoms with Crippen molar-refractivity contribution in [2.24, 2.45) is 0 Å². The van der Waals surface area contributed by atoms with Crippen LogP contribution in [0.2, 0.25) is 0 Å². The number of likely N-dealkylation sites (tertiary alicyclic amines) is 1. The summed E-state index contributed by atoms with van der Waals surface area (Å²) in [5.74, 6) is -0.175. The van der Waals surface area contributed by atoms with Gasteiger partial charge in [-0.25, -0.2) is 4.79 Å². The molecule has 3 aromatic carbocycles. The van der Waals surface area contributed by atoms with Gasteiger partial charge in [0.05, 0.1) is 0 Å². The van der Waals surface area contributed by atoms with Gasteiger partial charge >= 0.3 is 12.1 Å². The molecular formula is C30H32N2O4. The Morgan fingerprint density at radius 3 is 2.25 bits per heavy atom. The fraction of sp³-hybridized carbons (Fsp3) is 0.333. The number of amides is 1. The summed E-state index contributed by atoms with van der Waals surface area (Å²) in [4.78, 5) is 27.4. The van der Waals surface area contributed by atoms with Crippen molar-refractivity contribution >= 4 is 12.1 Å². The van der Waals surface area contributed by atoms with Gasteiger partial charge in [-0.2, -0.15) is 0 Å². The second-order valence-corrected chi connectivity index (χ2v) is 9.62. The molecule has 186 valence electrons. The number of rotatable bonds is 8. The van der Waals surface area contributed by atoms with Crippen molar-refractivity contribution in [2.45, 2.75) is 44.4 Å². The highest BCUT2D eigenvalue weighted by Gasteiger charge is 2.33. The molecule has 1 saturated heterocycles. The zero-order valence-corrected chi connectivity index (χ0v) is 20.6. The Labute approximate surface area is 212 Å². The van der Waals surface area contributed by atoms with E-state index in [1.807, 2.05) is 61.5 Å². The standard InChI is InChI=1S/C30H32N2O4/c1-21(18-32-17-9-16-28(32)29(33)35-19-22-10-3-2-4-11-22)31-30(34)36-20-27-25-14-7-5-12-23(25)24-13-6-8-15-26(24)27/h2-8,10-15,21,27-28H,9,16-20H2,1H3,(H,31,34)/t21-,28-/m0/s1. The molecule has 1 amide bonds. The summed E-state index contributed by atoms with van der Waals surface area (Å²) >= 11 is 0. The van der Waals surface area contributed by atoms with E-state index in [9.17, 15) is 9.59 Å². The molecule has 0 bridgehead atoms. The number of esters is 1. The predicted molar refractivity (Wildman–Crippen MR) is 138 cm³/mol. The van der Waals surface area contributed by atoms with E-state index in [0.717, 1.165) is 24.9 Å². The van der Waals surface area contributed by atoms with Gasteiger partial charge in [-0.3, -0.25) is 9.69 Å². The van der Waals surface area contributed by atoms with Crippen LogP contribution in [0.5, 0.6) is 0 Å². The van der Waals surface area contributed by atoms with Gasteiger partial charge in [0.25, 0.3) is 0 Å². The third-order valence-corrected chi connectivity index (χ3v) is 7.08. The Kier molecular flexibility index (Phi) is 7.33. The van der Waals surface area contributed by atoms with E-state index in [2.05, 4.69) is 34.5 Å². The number of hydrogen-bond donors (Lipinski definition) is 1. The molecule has 1 aliphatic carbocycles. The molecule has 1 fully saturated rings. The highest BCUT2D eigenvalue weighted by molar-refractivity contribution is 5.79. The van der Waals surface area contributed by atoms with E-state index in [-0.39, 0.29) is 37.2 Å². The average molecular weight is 485 g/mol. The maximum atomic E-state index is 12.7. The van der Waals surface area contributed by atoms with Crippen molar-refractivity contribution < 1.29 is 19.1 Å². The number of nitrogens with zero attached hydrogens (tertiary/aromatic N) is 1. The molecule has 6 nitrogen and oxygen atoms in total. The van der Waals surface area contributed by atoms with Gasteiger partial charge in [0.2, 0.25) is 0 Å². The zero-order valence-electron chi connectivity index (χ0n) is 20.6. The minimum atomic E-state index is -0.438. The van der Waals surface area contributed by atoms with Crippen LogP contribution in [-0.4, -0.2) is 48.7 Å². The molecule has 1 aliphatic heterocycles. The van der Waals surface area contributed by atoms with E-state index in [0.29, 0.717) is 6.54 Å². The smallest absolute Gasteiger partial charge is 0.407 e. The summed E-state index contributed by atoms with van der Waals surface area (Å²) in [7, 11) is 0. The molecule has 5 rings (SSSR count). The van der Waals surface area contributed by atoms with Gasteiger partial charge < -0.3 is 14.8 Å². The topological polar surface area (TPSA) is 67.9 Å². The van der Waals surface area contributed by atoms with Crippen molar-refractivity contribution in [3.8, 4) is 11.1 Å². The lowest BCUT2D eigenvalue weighted by atomic mass is 9.98. The SMILES string of the molecule is C[C@@H](CN1CCC[C@H]1C(=O)OCc1ccccc1)NC(=O)OCC1c2ccccc2-c2ccccc21. The molecule has 0 radical (unpaired) electrons. The normalized spacial score (nSPS) is 17.8. The maximum Gasteiger partial charge on any atom is 0.407 e. The van der Waals surface area contributed by atoms with Crippen molar-refractivity contribution in [3.63, 3.8) is 0 Å². The predicted octanol–water partition coefficient (Wildman–Crippen LogP) is 5.12. The van der Waals surface area contributed by atoms with Crippen molar-refractivity contribution in [1.29, 1.82) is 0 Å². The minimum absolute atomic E-state index is 0.0285. The number of nitrogens with one attached hydrogen (secondary N) is 1. The molecule has 3 aromatic rings. The molecule has 0 aromatic heterocycles. The van der Waals surface area contributed by atoms with Crippen LogP contribution in [0.1, 0.15) is 42.4 Å². The van der Waals surface area contributed by atoms with Crippen molar-refractivity contribution in [2.75, 3.05) is 19.7 Å². The summed E-state index contributed by atoms with van der Waals surface area (Å²) in [6.45, 7) is 3.87. The fourth-order valence-electron chi connectivity index (χ4n) is 5.38. The second kappa shape index (κ2) is 11.0. The maximum absolute atomic E-state index is 12.7. The third-order valence-electron chi connectivity index (χ3n) is 7.08. The van der Waals surface area contributed by atoms with E-state index >= 15 is 0 Å². The van der Waals surface area contributed by atoms with Crippen LogP contribution in [0.3, 0.4) is 0 Å². The highest BCUT2D eigenvalue weighted by Crippen LogP contribution is 2.44. The van der Waals surface area contributed by atoms with Crippen LogP contribution in [-0.2, 0) is 20.9 Å². The molecule has 0 saturated carbocycles. The highest BCUT2D eigenvalue weighted by atomic mass is 16.5. The van der Waals surface area contributed by atoms with Gasteiger partial charge in [-0.1, -0.05) is 78.9 Å². The first-order valence-electron chi connectivity index (χ1n) is 12.7. The van der Waals surface area contributed by atoms with Crippen LogP contribution < -0.4 is 5.32 Å². The molecule has 2 aliphatic rings. The van der Waals surface area contributed by atoms with Gasteiger partial charge in [0.1, 0.15) is 19.3 Å².